The number of nitrogens with one attached hydrogen (secondary N) is 1. The lowest BCUT2D eigenvalue weighted by molar-refractivity contribution is -0.137. The van der Waals surface area contributed by atoms with Crippen molar-refractivity contribution in [1.29, 1.82) is 0 Å². The van der Waals surface area contributed by atoms with E-state index in [1.54, 1.807) is 23.1 Å². The van der Waals surface area contributed by atoms with Crippen LogP contribution in [0.5, 0.6) is 0 Å². The van der Waals surface area contributed by atoms with Crippen LogP contribution in [-0.2, 0) is 9.59 Å². The molecule has 0 saturated carbocycles. The molecule has 1 saturated heterocycles. The molecular formula is C21H23FN4O3. The van der Waals surface area contributed by atoms with Crippen molar-refractivity contribution in [2.75, 3.05) is 32.7 Å². The summed E-state index contributed by atoms with van der Waals surface area (Å²) in [6, 6.07) is 4.67. The Morgan fingerprint density at radius 1 is 1.21 bits per heavy atom. The van der Waals surface area contributed by atoms with Crippen LogP contribution >= 0.6 is 0 Å². The number of nitrogens with zero attached hydrogens (tertiary/aromatic N) is 3. The van der Waals surface area contributed by atoms with Crippen LogP contribution in [0, 0.1) is 5.82 Å². The molecule has 3 heterocycles. The zero-order valence-electron chi connectivity index (χ0n) is 16.1. The number of hydrogen-bond donors (Lipinski definition) is 1. The van der Waals surface area contributed by atoms with E-state index in [1.165, 1.54) is 21.9 Å². The molecule has 1 unspecified atom stereocenters. The van der Waals surface area contributed by atoms with E-state index in [-0.39, 0.29) is 37.5 Å². The molecule has 7 nitrogen and oxygen atoms in total. The Hall–Kier alpha value is -3.16. The molecule has 4 amide bonds. The van der Waals surface area contributed by atoms with E-state index in [0.717, 1.165) is 25.9 Å². The molecule has 1 aromatic carbocycles. The maximum absolute atomic E-state index is 13.4. The molecule has 0 aliphatic carbocycles. The molecule has 1 fully saturated rings. The second kappa shape index (κ2) is 7.69. The van der Waals surface area contributed by atoms with Crippen LogP contribution in [0.2, 0.25) is 0 Å². The fourth-order valence-electron chi connectivity index (χ4n) is 4.13. The van der Waals surface area contributed by atoms with Gasteiger partial charge in [0.25, 0.3) is 5.91 Å². The highest BCUT2D eigenvalue weighted by molar-refractivity contribution is 6.03. The first-order chi connectivity index (χ1) is 14.0. The predicted octanol–water partition coefficient (Wildman–Crippen LogP) is 1.80. The van der Waals surface area contributed by atoms with Gasteiger partial charge in [-0.2, -0.15) is 0 Å². The molecule has 3 aliphatic rings. The van der Waals surface area contributed by atoms with Gasteiger partial charge in [-0.3, -0.25) is 14.5 Å². The van der Waals surface area contributed by atoms with E-state index in [1.807, 2.05) is 0 Å². The van der Waals surface area contributed by atoms with Gasteiger partial charge in [0.15, 0.2) is 0 Å². The number of halogens is 1. The van der Waals surface area contributed by atoms with Crippen LogP contribution in [0.25, 0.3) is 0 Å². The second-order valence-electron chi connectivity index (χ2n) is 7.44. The summed E-state index contributed by atoms with van der Waals surface area (Å²) in [7, 11) is 0. The fraction of sp³-hybridized carbons (Fsp3) is 0.381. The van der Waals surface area contributed by atoms with E-state index < -0.39 is 11.9 Å². The van der Waals surface area contributed by atoms with Crippen molar-refractivity contribution in [2.24, 2.45) is 0 Å². The van der Waals surface area contributed by atoms with Gasteiger partial charge >= 0.3 is 6.03 Å². The molecule has 1 aromatic rings. The van der Waals surface area contributed by atoms with E-state index in [0.29, 0.717) is 16.8 Å². The summed E-state index contributed by atoms with van der Waals surface area (Å²) >= 11 is 0. The van der Waals surface area contributed by atoms with Crippen LogP contribution in [0.1, 0.15) is 24.4 Å². The molecule has 3 aliphatic heterocycles. The molecular weight excluding hydrogens is 375 g/mol. The molecule has 0 radical (unpaired) electrons. The van der Waals surface area contributed by atoms with Crippen LogP contribution < -0.4 is 5.32 Å². The quantitative estimate of drug-likeness (QED) is 0.769. The summed E-state index contributed by atoms with van der Waals surface area (Å²) in [5.41, 5.74) is 1.61. The van der Waals surface area contributed by atoms with Crippen LogP contribution in [0.3, 0.4) is 0 Å². The summed E-state index contributed by atoms with van der Waals surface area (Å²) in [6.45, 7) is 5.54. The van der Waals surface area contributed by atoms with E-state index in [9.17, 15) is 18.8 Å². The highest BCUT2D eigenvalue weighted by atomic mass is 19.1. The SMILES string of the molecule is C=CCN1C(=O)NC(c2ccc(F)cc2)C2=C1CN(CC(=O)N1CCCC1)C2=O. The molecule has 29 heavy (non-hydrogen) atoms. The first kappa shape index (κ1) is 19.2. The molecule has 0 spiro atoms. The van der Waals surface area contributed by atoms with Crippen molar-refractivity contribution in [3.63, 3.8) is 0 Å². The molecule has 152 valence electrons. The van der Waals surface area contributed by atoms with Gasteiger partial charge in [-0.25, -0.2) is 9.18 Å². The Morgan fingerprint density at radius 3 is 2.55 bits per heavy atom. The molecule has 0 bridgehead atoms. The van der Waals surface area contributed by atoms with Crippen molar-refractivity contribution in [3.8, 4) is 0 Å². The molecule has 4 rings (SSSR count). The van der Waals surface area contributed by atoms with Gasteiger partial charge in [0, 0.05) is 19.6 Å². The number of urea groups is 1. The average Bonchev–Trinajstić information content (AvgIpc) is 3.34. The lowest BCUT2D eigenvalue weighted by Crippen LogP contribution is -2.47. The van der Waals surface area contributed by atoms with Crippen molar-refractivity contribution < 1.29 is 18.8 Å². The minimum atomic E-state index is -0.682. The summed E-state index contributed by atoms with van der Waals surface area (Å²) in [5.74, 6) is -0.756. The maximum atomic E-state index is 13.4. The summed E-state index contributed by atoms with van der Waals surface area (Å²) in [4.78, 5) is 43.2. The summed E-state index contributed by atoms with van der Waals surface area (Å²) < 4.78 is 13.4. The van der Waals surface area contributed by atoms with Gasteiger partial charge in [0.05, 0.1) is 23.9 Å². The number of rotatable bonds is 5. The topological polar surface area (TPSA) is 73.0 Å². The number of carbonyl (C=O) groups is 3. The van der Waals surface area contributed by atoms with Crippen LogP contribution in [0.15, 0.2) is 48.2 Å². The molecule has 1 atom stereocenters. The second-order valence-corrected chi connectivity index (χ2v) is 7.44. The van der Waals surface area contributed by atoms with E-state index in [4.69, 9.17) is 0 Å². The Morgan fingerprint density at radius 2 is 1.90 bits per heavy atom. The normalized spacial score (nSPS) is 21.6. The molecule has 0 aromatic heterocycles. The Bertz CT molecular complexity index is 890. The third-order valence-electron chi connectivity index (χ3n) is 5.60. The van der Waals surface area contributed by atoms with Gasteiger partial charge in [0.2, 0.25) is 5.91 Å². The Balaban J connectivity index is 1.64. The summed E-state index contributed by atoms with van der Waals surface area (Å²) in [5, 5.41) is 2.83. The van der Waals surface area contributed by atoms with Gasteiger partial charge < -0.3 is 15.1 Å². The third-order valence-corrected chi connectivity index (χ3v) is 5.60. The average molecular weight is 398 g/mol. The van der Waals surface area contributed by atoms with Crippen LogP contribution in [0.4, 0.5) is 9.18 Å². The predicted molar refractivity (Wildman–Crippen MR) is 104 cm³/mol. The molecule has 1 N–H and O–H groups in total. The van der Waals surface area contributed by atoms with Gasteiger partial charge in [0.1, 0.15) is 12.4 Å². The number of benzene rings is 1. The highest BCUT2D eigenvalue weighted by Crippen LogP contribution is 2.36. The fourth-order valence-corrected chi connectivity index (χ4v) is 4.13. The van der Waals surface area contributed by atoms with Crippen molar-refractivity contribution in [2.45, 2.75) is 18.9 Å². The minimum Gasteiger partial charge on any atom is -0.341 e. The van der Waals surface area contributed by atoms with Gasteiger partial charge in [-0.1, -0.05) is 18.2 Å². The lowest BCUT2D eigenvalue weighted by Gasteiger charge is -2.33. The van der Waals surface area contributed by atoms with Crippen molar-refractivity contribution in [3.05, 3.63) is 59.6 Å². The highest BCUT2D eigenvalue weighted by Gasteiger charge is 2.44. The number of hydrogen-bond acceptors (Lipinski definition) is 3. The Kier molecular flexibility index (Phi) is 5.08. The first-order valence-corrected chi connectivity index (χ1v) is 9.74. The standard InChI is InChI=1S/C21H23FN4O3/c1-2-9-26-16-12-25(13-17(27)24-10-3-4-11-24)20(28)18(16)19(23-21(26)29)14-5-7-15(22)8-6-14/h2,5-8,19H,1,3-4,9-13H2,(H,23,29). The van der Waals surface area contributed by atoms with Gasteiger partial charge in [-0.05, 0) is 30.5 Å². The third kappa shape index (κ3) is 3.50. The molecule has 8 heteroatoms. The summed E-state index contributed by atoms with van der Waals surface area (Å²) in [6.07, 6.45) is 3.55. The largest absolute Gasteiger partial charge is 0.341 e. The van der Waals surface area contributed by atoms with Crippen molar-refractivity contribution in [1.82, 2.24) is 20.0 Å². The number of amides is 4. The van der Waals surface area contributed by atoms with E-state index >= 15 is 0 Å². The van der Waals surface area contributed by atoms with Crippen LogP contribution in [-0.4, -0.2) is 65.3 Å². The minimum absolute atomic E-state index is 0.0158. The zero-order chi connectivity index (χ0) is 20.5. The lowest BCUT2D eigenvalue weighted by atomic mass is 9.95. The zero-order valence-corrected chi connectivity index (χ0v) is 16.1. The number of carbonyl (C=O) groups excluding carboxylic acids is 3. The first-order valence-electron chi connectivity index (χ1n) is 9.74. The maximum Gasteiger partial charge on any atom is 0.322 e. The smallest absolute Gasteiger partial charge is 0.322 e. The van der Waals surface area contributed by atoms with Crippen molar-refractivity contribution >= 4 is 17.8 Å². The van der Waals surface area contributed by atoms with E-state index in [2.05, 4.69) is 11.9 Å². The van der Waals surface area contributed by atoms with Gasteiger partial charge in [-0.15, -0.1) is 6.58 Å². The number of likely N-dealkylation sites (tertiary alicyclic amines) is 1. The Labute approximate surface area is 168 Å². The monoisotopic (exact) mass is 398 g/mol.